The largest absolute Gasteiger partial charge is 0.347 e. The second-order valence-corrected chi connectivity index (χ2v) is 10.3. The monoisotopic (exact) mass is 429 g/mol. The van der Waals surface area contributed by atoms with Crippen LogP contribution in [0.5, 0.6) is 0 Å². The maximum Gasteiger partial charge on any atom is 0.242 e. The van der Waals surface area contributed by atoms with Crippen LogP contribution in [0.25, 0.3) is 10.8 Å². The van der Waals surface area contributed by atoms with Crippen molar-refractivity contribution in [3.05, 3.63) is 48.0 Å². The van der Waals surface area contributed by atoms with Gasteiger partial charge in [0.25, 0.3) is 0 Å². The Labute approximate surface area is 176 Å². The number of nitrogens with zero attached hydrogens (tertiary/aromatic N) is 2. The molecule has 1 atom stereocenters. The van der Waals surface area contributed by atoms with E-state index in [2.05, 4.69) is 10.2 Å². The van der Waals surface area contributed by atoms with Gasteiger partial charge in [-0.05, 0) is 22.8 Å². The minimum atomic E-state index is -2.90. The van der Waals surface area contributed by atoms with Crippen molar-refractivity contribution >= 4 is 32.4 Å². The molecule has 2 aliphatic heterocycles. The summed E-state index contributed by atoms with van der Waals surface area (Å²) in [6, 6.07) is 13.9. The first kappa shape index (κ1) is 20.8. The maximum atomic E-state index is 12.5. The number of hydrogen-bond acceptors (Lipinski definition) is 5. The standard InChI is InChI=1S/C22H27N3O4S/c26-21(14-18-6-3-5-17-4-1-2-7-20(17)18)23-15-22(27)25-11-9-24(10-12-25)19-8-13-30(28,29)16-19/h1-7,19H,8-16H2,(H,23,26). The highest BCUT2D eigenvalue weighted by atomic mass is 32.2. The lowest BCUT2D eigenvalue weighted by Crippen LogP contribution is -2.54. The molecular formula is C22H27N3O4S. The summed E-state index contributed by atoms with van der Waals surface area (Å²) in [5, 5.41) is 4.88. The number of amides is 2. The van der Waals surface area contributed by atoms with Crippen LogP contribution in [0.15, 0.2) is 42.5 Å². The predicted octanol–water partition coefficient (Wildman–Crippen LogP) is 0.830. The highest BCUT2D eigenvalue weighted by molar-refractivity contribution is 7.91. The zero-order valence-electron chi connectivity index (χ0n) is 16.9. The van der Waals surface area contributed by atoms with E-state index in [9.17, 15) is 18.0 Å². The van der Waals surface area contributed by atoms with Crippen LogP contribution in [0.2, 0.25) is 0 Å². The molecule has 0 saturated carbocycles. The number of benzene rings is 2. The van der Waals surface area contributed by atoms with Gasteiger partial charge in [-0.3, -0.25) is 14.5 Å². The maximum absolute atomic E-state index is 12.5. The van der Waals surface area contributed by atoms with Crippen molar-refractivity contribution in [1.82, 2.24) is 15.1 Å². The third-order valence-corrected chi connectivity index (χ3v) is 7.81. The number of nitrogens with one attached hydrogen (secondary N) is 1. The Hall–Kier alpha value is -2.45. The molecule has 0 bridgehead atoms. The van der Waals surface area contributed by atoms with Crippen molar-refractivity contribution in [3.63, 3.8) is 0 Å². The number of hydrogen-bond donors (Lipinski definition) is 1. The second-order valence-electron chi connectivity index (χ2n) is 8.07. The number of sulfone groups is 1. The van der Waals surface area contributed by atoms with Crippen LogP contribution in [-0.2, 0) is 25.8 Å². The molecule has 2 fully saturated rings. The Morgan fingerprint density at radius 3 is 2.47 bits per heavy atom. The van der Waals surface area contributed by atoms with Crippen molar-refractivity contribution in [2.24, 2.45) is 0 Å². The van der Waals surface area contributed by atoms with E-state index in [-0.39, 0.29) is 42.3 Å². The van der Waals surface area contributed by atoms with Gasteiger partial charge in [0.1, 0.15) is 0 Å². The third kappa shape index (κ3) is 4.82. The van der Waals surface area contributed by atoms with E-state index in [0.717, 1.165) is 16.3 Å². The van der Waals surface area contributed by atoms with Gasteiger partial charge in [0, 0.05) is 32.2 Å². The van der Waals surface area contributed by atoms with Crippen LogP contribution in [-0.4, -0.2) is 80.3 Å². The molecule has 0 radical (unpaired) electrons. The van der Waals surface area contributed by atoms with Gasteiger partial charge in [-0.15, -0.1) is 0 Å². The molecule has 2 heterocycles. The average Bonchev–Trinajstić information content (AvgIpc) is 3.12. The van der Waals surface area contributed by atoms with Gasteiger partial charge in [0.05, 0.1) is 24.5 Å². The Morgan fingerprint density at radius 2 is 1.73 bits per heavy atom. The summed E-state index contributed by atoms with van der Waals surface area (Å²) in [5.41, 5.74) is 0.943. The Kier molecular flexibility index (Phi) is 6.06. The van der Waals surface area contributed by atoms with Crippen molar-refractivity contribution in [3.8, 4) is 0 Å². The number of fused-ring (bicyclic) bond motifs is 1. The van der Waals surface area contributed by atoms with Crippen LogP contribution in [0.4, 0.5) is 0 Å². The van der Waals surface area contributed by atoms with E-state index in [1.54, 1.807) is 4.90 Å². The zero-order valence-corrected chi connectivity index (χ0v) is 17.7. The normalized spacial score (nSPS) is 21.6. The molecule has 2 saturated heterocycles. The molecule has 4 rings (SSSR count). The number of piperazine rings is 1. The Bertz CT molecular complexity index is 1040. The fourth-order valence-corrected chi connectivity index (χ4v) is 6.13. The molecule has 160 valence electrons. The molecule has 2 aromatic rings. The van der Waals surface area contributed by atoms with Crippen LogP contribution >= 0.6 is 0 Å². The lowest BCUT2D eigenvalue weighted by Gasteiger charge is -2.37. The molecular weight excluding hydrogens is 402 g/mol. The van der Waals surface area contributed by atoms with Gasteiger partial charge < -0.3 is 10.2 Å². The lowest BCUT2D eigenvalue weighted by molar-refractivity contribution is -0.134. The van der Waals surface area contributed by atoms with Crippen molar-refractivity contribution in [2.75, 3.05) is 44.2 Å². The van der Waals surface area contributed by atoms with Crippen molar-refractivity contribution in [2.45, 2.75) is 18.9 Å². The van der Waals surface area contributed by atoms with Gasteiger partial charge in [-0.2, -0.15) is 0 Å². The molecule has 0 aliphatic carbocycles. The van der Waals surface area contributed by atoms with Gasteiger partial charge in [0.15, 0.2) is 9.84 Å². The average molecular weight is 430 g/mol. The molecule has 8 heteroatoms. The van der Waals surface area contributed by atoms with Crippen molar-refractivity contribution < 1.29 is 18.0 Å². The fourth-order valence-electron chi connectivity index (χ4n) is 4.37. The topological polar surface area (TPSA) is 86.8 Å². The molecule has 2 aromatic carbocycles. The first-order chi connectivity index (χ1) is 14.4. The minimum Gasteiger partial charge on any atom is -0.347 e. The Morgan fingerprint density at radius 1 is 1.00 bits per heavy atom. The predicted molar refractivity (Wildman–Crippen MR) is 116 cm³/mol. The summed E-state index contributed by atoms with van der Waals surface area (Å²) < 4.78 is 23.4. The smallest absolute Gasteiger partial charge is 0.242 e. The summed E-state index contributed by atoms with van der Waals surface area (Å²) in [5.74, 6) is 0.222. The summed E-state index contributed by atoms with van der Waals surface area (Å²) in [6.45, 7) is 2.47. The quantitative estimate of drug-likeness (QED) is 0.761. The fraction of sp³-hybridized carbons (Fsp3) is 0.455. The summed E-state index contributed by atoms with van der Waals surface area (Å²) in [7, 11) is -2.90. The van der Waals surface area contributed by atoms with E-state index in [0.29, 0.717) is 32.6 Å². The molecule has 2 aliphatic rings. The van der Waals surface area contributed by atoms with Crippen LogP contribution < -0.4 is 5.32 Å². The van der Waals surface area contributed by atoms with E-state index in [4.69, 9.17) is 0 Å². The van der Waals surface area contributed by atoms with E-state index in [1.807, 2.05) is 42.5 Å². The first-order valence-corrected chi connectivity index (χ1v) is 12.2. The highest BCUT2D eigenvalue weighted by Crippen LogP contribution is 2.20. The second kappa shape index (κ2) is 8.73. The number of rotatable bonds is 5. The number of carbonyl (C=O) groups excluding carboxylic acids is 2. The van der Waals surface area contributed by atoms with E-state index >= 15 is 0 Å². The molecule has 1 N–H and O–H groups in total. The summed E-state index contributed by atoms with van der Waals surface area (Å²) >= 11 is 0. The van der Waals surface area contributed by atoms with Crippen LogP contribution in [0.1, 0.15) is 12.0 Å². The minimum absolute atomic E-state index is 0.0125. The van der Waals surface area contributed by atoms with Gasteiger partial charge in [-0.1, -0.05) is 42.5 Å². The summed E-state index contributed by atoms with van der Waals surface area (Å²) in [4.78, 5) is 28.8. The zero-order chi connectivity index (χ0) is 21.1. The van der Waals surface area contributed by atoms with E-state index < -0.39 is 9.84 Å². The number of carbonyl (C=O) groups is 2. The molecule has 0 spiro atoms. The van der Waals surface area contributed by atoms with Gasteiger partial charge >= 0.3 is 0 Å². The van der Waals surface area contributed by atoms with Crippen molar-refractivity contribution in [1.29, 1.82) is 0 Å². The third-order valence-electron chi connectivity index (χ3n) is 6.06. The Balaban J connectivity index is 1.24. The van der Waals surface area contributed by atoms with Gasteiger partial charge in [-0.25, -0.2) is 8.42 Å². The van der Waals surface area contributed by atoms with Crippen LogP contribution in [0.3, 0.4) is 0 Å². The first-order valence-electron chi connectivity index (χ1n) is 10.4. The lowest BCUT2D eigenvalue weighted by atomic mass is 10.0. The summed E-state index contributed by atoms with van der Waals surface area (Å²) in [6.07, 6.45) is 0.916. The van der Waals surface area contributed by atoms with E-state index in [1.165, 1.54) is 0 Å². The molecule has 1 unspecified atom stereocenters. The molecule has 30 heavy (non-hydrogen) atoms. The SMILES string of the molecule is O=C(Cc1cccc2ccccc12)NCC(=O)N1CCN(C2CCS(=O)(=O)C2)CC1. The van der Waals surface area contributed by atoms with Crippen LogP contribution in [0, 0.1) is 0 Å². The molecule has 7 nitrogen and oxygen atoms in total. The highest BCUT2D eigenvalue weighted by Gasteiger charge is 2.34. The van der Waals surface area contributed by atoms with Gasteiger partial charge in [0.2, 0.25) is 11.8 Å². The molecule has 2 amide bonds. The molecule has 0 aromatic heterocycles.